The van der Waals surface area contributed by atoms with Crippen LogP contribution in [0.1, 0.15) is 17.8 Å². The Bertz CT molecular complexity index is 697. The molecule has 1 aliphatic rings. The number of carbonyl (C=O) groups is 2. The quantitative estimate of drug-likeness (QED) is 0.934. The maximum Gasteiger partial charge on any atom is 0.314 e. The fraction of sp³-hybridized carbons (Fsp3) is 0.438. The van der Waals surface area contributed by atoms with Gasteiger partial charge in [0.1, 0.15) is 5.01 Å². The number of piperidine rings is 1. The van der Waals surface area contributed by atoms with Crippen LogP contribution in [0.5, 0.6) is 0 Å². The minimum absolute atomic E-state index is 0.0511. The van der Waals surface area contributed by atoms with Crippen molar-refractivity contribution in [2.75, 3.05) is 20.1 Å². The number of hydrogen-bond donors (Lipinski definition) is 1. The van der Waals surface area contributed by atoms with Gasteiger partial charge in [-0.3, -0.25) is 4.79 Å². The molecule has 0 spiro atoms. The van der Waals surface area contributed by atoms with Crippen LogP contribution in [-0.2, 0) is 11.3 Å². The molecule has 1 aromatic heterocycles. The van der Waals surface area contributed by atoms with Crippen molar-refractivity contribution in [2.24, 2.45) is 11.7 Å². The van der Waals surface area contributed by atoms with E-state index in [1.165, 1.54) is 0 Å². The first-order valence-corrected chi connectivity index (χ1v) is 8.50. The Kier molecular flexibility index (Phi) is 4.47. The molecular formula is C16H20N4O2S. The number of benzene rings is 1. The number of amides is 3. The van der Waals surface area contributed by atoms with Crippen LogP contribution in [0, 0.1) is 5.92 Å². The summed E-state index contributed by atoms with van der Waals surface area (Å²) >= 11 is 1.61. The molecule has 2 heterocycles. The SMILES string of the molecule is CN(Cc1nc2ccccc2s1)C(=O)[C@H]1CCCN(C(N)=O)C1. The van der Waals surface area contributed by atoms with E-state index in [9.17, 15) is 9.59 Å². The molecule has 1 atom stereocenters. The summed E-state index contributed by atoms with van der Waals surface area (Å²) < 4.78 is 1.13. The Balaban J connectivity index is 1.66. The summed E-state index contributed by atoms with van der Waals surface area (Å²) in [6.07, 6.45) is 1.61. The summed E-state index contributed by atoms with van der Waals surface area (Å²) in [5.74, 6) is -0.120. The van der Waals surface area contributed by atoms with Crippen molar-refractivity contribution in [1.82, 2.24) is 14.8 Å². The van der Waals surface area contributed by atoms with Crippen LogP contribution in [0.25, 0.3) is 10.2 Å². The third-order valence-electron chi connectivity index (χ3n) is 4.17. The first kappa shape index (κ1) is 15.7. The fourth-order valence-corrected chi connectivity index (χ4v) is 3.98. The Morgan fingerprint density at radius 1 is 1.43 bits per heavy atom. The summed E-state index contributed by atoms with van der Waals surface area (Å²) in [6, 6.07) is 7.50. The Morgan fingerprint density at radius 3 is 2.96 bits per heavy atom. The molecule has 3 rings (SSSR count). The van der Waals surface area contributed by atoms with Crippen LogP contribution >= 0.6 is 11.3 Å². The number of aromatic nitrogens is 1. The maximum absolute atomic E-state index is 12.6. The van der Waals surface area contributed by atoms with Crippen molar-refractivity contribution in [1.29, 1.82) is 0 Å². The van der Waals surface area contributed by atoms with E-state index < -0.39 is 6.03 Å². The highest BCUT2D eigenvalue weighted by Crippen LogP contribution is 2.24. The van der Waals surface area contributed by atoms with Gasteiger partial charge in [0.25, 0.3) is 0 Å². The van der Waals surface area contributed by atoms with Gasteiger partial charge in [0, 0.05) is 20.1 Å². The maximum atomic E-state index is 12.6. The Morgan fingerprint density at radius 2 is 2.22 bits per heavy atom. The average Bonchev–Trinajstić information content (AvgIpc) is 2.96. The molecule has 0 unspecified atom stereocenters. The predicted octanol–water partition coefficient (Wildman–Crippen LogP) is 2.05. The lowest BCUT2D eigenvalue weighted by atomic mass is 9.97. The molecule has 0 radical (unpaired) electrons. The van der Waals surface area contributed by atoms with E-state index in [4.69, 9.17) is 5.73 Å². The van der Waals surface area contributed by atoms with E-state index in [0.29, 0.717) is 19.6 Å². The second-order valence-electron chi connectivity index (χ2n) is 5.89. The Labute approximate surface area is 138 Å². The van der Waals surface area contributed by atoms with Crippen LogP contribution in [0.2, 0.25) is 0 Å². The molecule has 0 saturated carbocycles. The monoisotopic (exact) mass is 332 g/mol. The van der Waals surface area contributed by atoms with Crippen molar-refractivity contribution in [3.63, 3.8) is 0 Å². The molecule has 0 bridgehead atoms. The van der Waals surface area contributed by atoms with Crippen LogP contribution < -0.4 is 5.73 Å². The summed E-state index contributed by atoms with van der Waals surface area (Å²) in [5.41, 5.74) is 6.29. The van der Waals surface area contributed by atoms with Gasteiger partial charge in [0.15, 0.2) is 0 Å². The van der Waals surface area contributed by atoms with Gasteiger partial charge in [-0.15, -0.1) is 11.3 Å². The van der Waals surface area contributed by atoms with Crippen molar-refractivity contribution in [3.8, 4) is 0 Å². The predicted molar refractivity (Wildman–Crippen MR) is 90.0 cm³/mol. The van der Waals surface area contributed by atoms with E-state index in [1.54, 1.807) is 28.2 Å². The fourth-order valence-electron chi connectivity index (χ4n) is 2.96. The van der Waals surface area contributed by atoms with E-state index in [1.807, 2.05) is 24.3 Å². The van der Waals surface area contributed by atoms with Crippen molar-refractivity contribution in [2.45, 2.75) is 19.4 Å². The van der Waals surface area contributed by atoms with Gasteiger partial charge >= 0.3 is 6.03 Å². The number of hydrogen-bond acceptors (Lipinski definition) is 4. The molecule has 1 aromatic carbocycles. The van der Waals surface area contributed by atoms with E-state index in [-0.39, 0.29) is 11.8 Å². The van der Waals surface area contributed by atoms with Crippen molar-refractivity contribution >= 4 is 33.5 Å². The molecule has 1 fully saturated rings. The first-order chi connectivity index (χ1) is 11.0. The molecule has 7 heteroatoms. The number of urea groups is 1. The van der Waals surface area contributed by atoms with Gasteiger partial charge in [0.05, 0.1) is 22.7 Å². The Hall–Kier alpha value is -2.15. The minimum atomic E-state index is -0.448. The largest absolute Gasteiger partial charge is 0.351 e. The van der Waals surface area contributed by atoms with Crippen LogP contribution in [0.3, 0.4) is 0 Å². The van der Waals surface area contributed by atoms with Crippen LogP contribution in [0.15, 0.2) is 24.3 Å². The third-order valence-corrected chi connectivity index (χ3v) is 5.19. The smallest absolute Gasteiger partial charge is 0.314 e. The van der Waals surface area contributed by atoms with Gasteiger partial charge in [-0.05, 0) is 25.0 Å². The summed E-state index contributed by atoms with van der Waals surface area (Å²) in [6.45, 7) is 1.55. The zero-order valence-electron chi connectivity index (χ0n) is 13.1. The van der Waals surface area contributed by atoms with Crippen LogP contribution in [-0.4, -0.2) is 46.9 Å². The highest BCUT2D eigenvalue weighted by Gasteiger charge is 2.29. The van der Waals surface area contributed by atoms with Gasteiger partial charge in [0.2, 0.25) is 5.91 Å². The number of primary amides is 1. The van der Waals surface area contributed by atoms with Crippen LogP contribution in [0.4, 0.5) is 4.79 Å². The van der Waals surface area contributed by atoms with Crippen molar-refractivity contribution < 1.29 is 9.59 Å². The molecule has 0 aliphatic carbocycles. The summed E-state index contributed by atoms with van der Waals surface area (Å²) in [5, 5.41) is 0.921. The normalized spacial score (nSPS) is 18.1. The number of nitrogens with zero attached hydrogens (tertiary/aromatic N) is 3. The molecule has 23 heavy (non-hydrogen) atoms. The topological polar surface area (TPSA) is 79.5 Å². The van der Waals surface area contributed by atoms with Gasteiger partial charge in [-0.25, -0.2) is 9.78 Å². The lowest BCUT2D eigenvalue weighted by Crippen LogP contribution is -2.47. The molecule has 2 aromatic rings. The molecular weight excluding hydrogens is 312 g/mol. The third kappa shape index (κ3) is 3.44. The molecule has 3 amide bonds. The number of fused-ring (bicyclic) bond motifs is 1. The second kappa shape index (κ2) is 6.54. The molecule has 6 nitrogen and oxygen atoms in total. The van der Waals surface area contributed by atoms with E-state index >= 15 is 0 Å². The average molecular weight is 332 g/mol. The first-order valence-electron chi connectivity index (χ1n) is 7.68. The number of carbonyl (C=O) groups excluding carboxylic acids is 2. The standard InChI is InChI=1S/C16H20N4O2S/c1-19(10-14-18-12-6-2-3-7-13(12)23-14)15(21)11-5-4-8-20(9-11)16(17)22/h2-3,6-7,11H,4-5,8-10H2,1H3,(H2,17,22)/t11-/m0/s1. The van der Waals surface area contributed by atoms with Crippen molar-refractivity contribution in [3.05, 3.63) is 29.3 Å². The highest BCUT2D eigenvalue weighted by atomic mass is 32.1. The molecule has 1 aliphatic heterocycles. The lowest BCUT2D eigenvalue weighted by Gasteiger charge is -2.32. The highest BCUT2D eigenvalue weighted by molar-refractivity contribution is 7.18. The number of likely N-dealkylation sites (tertiary alicyclic amines) is 1. The number of rotatable bonds is 3. The molecule has 122 valence electrons. The minimum Gasteiger partial charge on any atom is -0.351 e. The molecule has 2 N–H and O–H groups in total. The number of thiazole rings is 1. The van der Waals surface area contributed by atoms with E-state index in [0.717, 1.165) is 28.1 Å². The number of nitrogens with two attached hydrogens (primary N) is 1. The van der Waals surface area contributed by atoms with Gasteiger partial charge < -0.3 is 15.5 Å². The zero-order chi connectivity index (χ0) is 16.4. The zero-order valence-corrected chi connectivity index (χ0v) is 13.9. The summed E-state index contributed by atoms with van der Waals surface area (Å²) in [4.78, 5) is 31.7. The lowest BCUT2D eigenvalue weighted by molar-refractivity contribution is -0.136. The van der Waals surface area contributed by atoms with E-state index in [2.05, 4.69) is 4.98 Å². The molecule has 1 saturated heterocycles. The summed E-state index contributed by atoms with van der Waals surface area (Å²) in [7, 11) is 1.79. The second-order valence-corrected chi connectivity index (χ2v) is 7.01. The van der Waals surface area contributed by atoms with Gasteiger partial charge in [-0.1, -0.05) is 12.1 Å². The van der Waals surface area contributed by atoms with Gasteiger partial charge in [-0.2, -0.15) is 0 Å². The number of para-hydroxylation sites is 1.